The molecule has 0 atom stereocenters. The van der Waals surface area contributed by atoms with Gasteiger partial charge in [-0.05, 0) is 160 Å². The molecule has 2 aliphatic carbocycles. The van der Waals surface area contributed by atoms with Crippen LogP contribution in [0.1, 0.15) is 103 Å². The third-order valence-electron chi connectivity index (χ3n) is 18.3. The number of aromatic nitrogens is 1. The van der Waals surface area contributed by atoms with E-state index >= 15 is 0 Å². The maximum atomic E-state index is 13.9. The van der Waals surface area contributed by atoms with Gasteiger partial charge in [-0.3, -0.25) is 19.3 Å². The molecule has 3 aliphatic rings. The number of nitrogens with zero attached hydrogens (tertiary/aromatic N) is 3. The molecule has 0 bridgehead atoms. The largest absolute Gasteiger partial charge is 0.480 e. The summed E-state index contributed by atoms with van der Waals surface area (Å²) in [6.07, 6.45) is 4.48. The van der Waals surface area contributed by atoms with Crippen LogP contribution in [0.5, 0.6) is 0 Å². The van der Waals surface area contributed by atoms with E-state index in [1.807, 2.05) is 12.1 Å². The van der Waals surface area contributed by atoms with E-state index in [9.17, 15) is 19.5 Å². The van der Waals surface area contributed by atoms with Crippen LogP contribution in [-0.4, -0.2) is 38.9 Å². The summed E-state index contributed by atoms with van der Waals surface area (Å²) in [6, 6.07) is 64.3. The van der Waals surface area contributed by atoms with Crippen LogP contribution in [0.2, 0.25) is 0 Å². The first kappa shape index (κ1) is 47.2. The molecule has 79 heavy (non-hydrogen) atoms. The van der Waals surface area contributed by atoms with Gasteiger partial charge >= 0.3 is 5.97 Å². The zero-order chi connectivity index (χ0) is 53.8. The summed E-state index contributed by atoms with van der Waals surface area (Å²) in [5.74, 6) is -2.40. The minimum Gasteiger partial charge on any atom is -0.480 e. The summed E-state index contributed by atoms with van der Waals surface area (Å²) in [5.41, 5.74) is 19.0. The fraction of sp³-hybridized carbons (Fsp3) is 0.181. The lowest BCUT2D eigenvalue weighted by Gasteiger charge is -2.30. The Morgan fingerprint density at radius 2 is 0.975 bits per heavy atom. The highest BCUT2D eigenvalue weighted by Gasteiger charge is 2.39. The summed E-state index contributed by atoms with van der Waals surface area (Å²) in [6.45, 7) is 11.8. The van der Waals surface area contributed by atoms with E-state index in [0.717, 1.165) is 102 Å². The fourth-order valence-electron chi connectivity index (χ4n) is 14.5. The number of anilines is 3. The van der Waals surface area contributed by atoms with Gasteiger partial charge in [0.05, 0.1) is 5.52 Å². The Hall–Kier alpha value is -9.07. The van der Waals surface area contributed by atoms with Crippen molar-refractivity contribution in [2.75, 3.05) is 11.4 Å². The van der Waals surface area contributed by atoms with Crippen LogP contribution in [0.4, 0.5) is 17.1 Å². The van der Waals surface area contributed by atoms with Gasteiger partial charge in [0.15, 0.2) is 0 Å². The minimum absolute atomic E-state index is 0.153. The molecule has 0 fully saturated rings. The van der Waals surface area contributed by atoms with Gasteiger partial charge in [0.25, 0.3) is 11.8 Å². The number of benzene rings is 11. The Kier molecular flexibility index (Phi) is 10.1. The molecule has 7 heteroatoms. The monoisotopic (exact) mass is 1030 g/mol. The van der Waals surface area contributed by atoms with Gasteiger partial charge in [0.2, 0.25) is 0 Å². The molecule has 2 heterocycles. The number of carbonyl (C=O) groups excluding carboxylic acids is 2. The van der Waals surface area contributed by atoms with Crippen molar-refractivity contribution in [3.05, 3.63) is 209 Å². The molecule has 1 aliphatic heterocycles. The summed E-state index contributed by atoms with van der Waals surface area (Å²) < 4.78 is 2.53. The number of hydrogen-bond donors (Lipinski definition) is 1. The van der Waals surface area contributed by atoms with Crippen LogP contribution in [0.25, 0.3) is 98.3 Å². The first-order chi connectivity index (χ1) is 38.3. The van der Waals surface area contributed by atoms with Gasteiger partial charge in [-0.2, -0.15) is 0 Å². The topological polar surface area (TPSA) is 82.8 Å². The highest BCUT2D eigenvalue weighted by atomic mass is 16.4. The van der Waals surface area contributed by atoms with Gasteiger partial charge in [-0.25, -0.2) is 0 Å². The normalized spacial score (nSPS) is 14.8. The molecule has 0 unspecified atom stereocenters. The molecule has 0 radical (unpaired) electrons. The summed E-state index contributed by atoms with van der Waals surface area (Å²) in [4.78, 5) is 42.9. The number of carboxylic acids is 1. The molecule has 1 N–H and O–H groups in total. The number of hydrogen-bond acceptors (Lipinski definition) is 4. The predicted molar refractivity (Wildman–Crippen MR) is 323 cm³/mol. The number of imide groups is 1. The second-order valence-electron chi connectivity index (χ2n) is 23.3. The first-order valence-corrected chi connectivity index (χ1v) is 27.9. The van der Waals surface area contributed by atoms with E-state index in [-0.39, 0.29) is 10.8 Å². The van der Waals surface area contributed by atoms with Crippen molar-refractivity contribution in [3.63, 3.8) is 0 Å². The molecule has 12 aromatic rings. The molecular formula is C72H57N3O4. The lowest BCUT2D eigenvalue weighted by atomic mass is 9.82. The molecular weight excluding hydrogens is 971 g/mol. The maximum Gasteiger partial charge on any atom is 0.323 e. The minimum atomic E-state index is -1.23. The third-order valence-corrected chi connectivity index (χ3v) is 18.3. The van der Waals surface area contributed by atoms with Crippen molar-refractivity contribution in [1.82, 2.24) is 9.47 Å². The Balaban J connectivity index is 0.883. The van der Waals surface area contributed by atoms with Gasteiger partial charge in [-0.1, -0.05) is 169 Å². The van der Waals surface area contributed by atoms with Crippen LogP contribution in [0.15, 0.2) is 176 Å². The number of amides is 2. The zero-order valence-corrected chi connectivity index (χ0v) is 45.0. The van der Waals surface area contributed by atoms with Gasteiger partial charge in [-0.15, -0.1) is 0 Å². The molecule has 0 saturated heterocycles. The SMILES string of the molecule is CCCCCCn1c2cc(-c3ccc(N(c4ccc5c(c4)C(C)(C)c4ccccc4-5)c4ccc5c(c4)C(C)(C)c4ccccc4-5)cc3)ccc2c2c3cccc4c5ccc6c7c(ccc(c(cc21)c43)c75)C(=O)N(CC(=O)O)C6=O. The van der Waals surface area contributed by atoms with Crippen LogP contribution < -0.4 is 4.90 Å². The number of aryl methyl sites for hydroxylation is 1. The lowest BCUT2D eigenvalue weighted by Crippen LogP contribution is -2.43. The van der Waals surface area contributed by atoms with Crippen molar-refractivity contribution in [2.45, 2.75) is 77.7 Å². The van der Waals surface area contributed by atoms with Gasteiger partial charge < -0.3 is 14.6 Å². The molecule has 7 nitrogen and oxygen atoms in total. The Morgan fingerprint density at radius 3 is 1.59 bits per heavy atom. The molecule has 384 valence electrons. The molecule has 11 aromatic carbocycles. The van der Waals surface area contributed by atoms with Crippen molar-refractivity contribution in [1.29, 1.82) is 0 Å². The zero-order valence-electron chi connectivity index (χ0n) is 45.0. The lowest BCUT2D eigenvalue weighted by molar-refractivity contribution is -0.137. The van der Waals surface area contributed by atoms with Gasteiger partial charge in [0, 0.05) is 67.2 Å². The molecule has 0 spiro atoms. The highest BCUT2D eigenvalue weighted by Crippen LogP contribution is 2.54. The number of carbonyl (C=O) groups is 3. The fourth-order valence-corrected chi connectivity index (χ4v) is 14.5. The van der Waals surface area contributed by atoms with E-state index in [1.165, 1.54) is 67.2 Å². The molecule has 15 rings (SSSR count). The molecule has 2 amide bonds. The Morgan fingerprint density at radius 1 is 0.443 bits per heavy atom. The van der Waals surface area contributed by atoms with Crippen LogP contribution in [-0.2, 0) is 22.2 Å². The van der Waals surface area contributed by atoms with Crippen LogP contribution >= 0.6 is 0 Å². The molecule has 0 saturated carbocycles. The number of unbranched alkanes of at least 4 members (excludes halogenated alkanes) is 3. The van der Waals surface area contributed by atoms with Crippen LogP contribution in [0.3, 0.4) is 0 Å². The Bertz CT molecular complexity index is 4520. The van der Waals surface area contributed by atoms with E-state index in [0.29, 0.717) is 16.5 Å². The molecule has 1 aromatic heterocycles. The summed E-state index contributed by atoms with van der Waals surface area (Å²) in [5, 5.41) is 19.9. The maximum absolute atomic E-state index is 13.9. The van der Waals surface area contributed by atoms with E-state index in [2.05, 4.69) is 196 Å². The Labute approximate surface area is 458 Å². The third kappa shape index (κ3) is 6.62. The van der Waals surface area contributed by atoms with Crippen molar-refractivity contribution in [2.24, 2.45) is 0 Å². The quantitative estimate of drug-likeness (QED) is 0.0604. The van der Waals surface area contributed by atoms with E-state index < -0.39 is 24.3 Å². The standard InChI is InChI=1S/C72H57N3O4/c1-6-7-8-13-35-73-62-36-42(23-28-53(62)66-54-18-14-17-50-51-31-33-55-68-56(70(79)74(69(55)78)40-64(76)77)34-32-52(67(51)68)57(65(50)54)39-63(66)73)41-21-24-43(25-22-41)75(44-26-29-48-46-15-9-11-19-58(46)71(2,3)60(48)37-44)45-27-30-49-47-16-10-12-20-59(47)72(4,5)61(49)38-45/h9-12,14-34,36-39H,6-8,13,35,40H2,1-5H3,(H,76,77). The first-order valence-electron chi connectivity index (χ1n) is 27.9. The van der Waals surface area contributed by atoms with Gasteiger partial charge in [0.1, 0.15) is 6.54 Å². The number of aliphatic carboxylic acids is 1. The van der Waals surface area contributed by atoms with Crippen LogP contribution in [0, 0.1) is 0 Å². The average molecular weight is 1030 g/mol. The van der Waals surface area contributed by atoms with Crippen molar-refractivity contribution >= 4 is 99.7 Å². The van der Waals surface area contributed by atoms with Crippen molar-refractivity contribution in [3.8, 4) is 33.4 Å². The number of rotatable bonds is 11. The van der Waals surface area contributed by atoms with Crippen molar-refractivity contribution < 1.29 is 19.5 Å². The predicted octanol–water partition coefficient (Wildman–Crippen LogP) is 17.9. The second-order valence-corrected chi connectivity index (χ2v) is 23.3. The summed E-state index contributed by atoms with van der Waals surface area (Å²) >= 11 is 0. The average Bonchev–Trinajstić information content (AvgIpc) is 4.19. The highest BCUT2D eigenvalue weighted by molar-refractivity contribution is 6.41. The number of carboxylic acid groups (broad SMARTS) is 1. The summed E-state index contributed by atoms with van der Waals surface area (Å²) in [7, 11) is 0. The van der Waals surface area contributed by atoms with E-state index in [1.54, 1.807) is 12.1 Å². The second kappa shape index (κ2) is 17.0. The van der Waals surface area contributed by atoms with E-state index in [4.69, 9.17) is 0 Å². The smallest absolute Gasteiger partial charge is 0.323 e. The number of fused-ring (bicyclic) bond motifs is 12.